The molecule has 2 aliphatic rings. The lowest BCUT2D eigenvalue weighted by atomic mass is 9.63. The Bertz CT molecular complexity index is 1240. The van der Waals surface area contributed by atoms with Crippen LogP contribution in [-0.2, 0) is 19.7 Å². The fraction of sp³-hybridized carbons (Fsp3) is 0.286. The number of benzene rings is 3. The summed E-state index contributed by atoms with van der Waals surface area (Å²) in [4.78, 5) is 27.6. The van der Waals surface area contributed by atoms with Crippen molar-refractivity contribution >= 4 is 33.5 Å². The molecule has 1 fully saturated rings. The van der Waals surface area contributed by atoms with Crippen molar-refractivity contribution in [2.75, 3.05) is 5.32 Å². The smallest absolute Gasteiger partial charge is 0.324 e. The molecule has 34 heavy (non-hydrogen) atoms. The lowest BCUT2D eigenvalue weighted by molar-refractivity contribution is -0.157. The monoisotopic (exact) mass is 518 g/mol. The summed E-state index contributed by atoms with van der Waals surface area (Å²) in [5.41, 5.74) is 1.83. The van der Waals surface area contributed by atoms with E-state index in [0.717, 1.165) is 26.9 Å². The number of amides is 1. The van der Waals surface area contributed by atoms with Crippen LogP contribution in [0.4, 0.5) is 5.69 Å². The van der Waals surface area contributed by atoms with E-state index in [4.69, 9.17) is 4.74 Å². The van der Waals surface area contributed by atoms with Gasteiger partial charge in [0.2, 0.25) is 5.91 Å². The largest absolute Gasteiger partial charge is 0.459 e. The van der Waals surface area contributed by atoms with Crippen LogP contribution in [0, 0.1) is 0 Å². The Morgan fingerprint density at radius 1 is 0.912 bits per heavy atom. The van der Waals surface area contributed by atoms with Crippen LogP contribution < -0.4 is 10.6 Å². The maximum Gasteiger partial charge on any atom is 0.324 e. The molecule has 0 bridgehead atoms. The van der Waals surface area contributed by atoms with Crippen molar-refractivity contribution in [2.45, 2.75) is 49.8 Å². The quantitative estimate of drug-likeness (QED) is 0.450. The van der Waals surface area contributed by atoms with Gasteiger partial charge in [-0.3, -0.25) is 14.9 Å². The van der Waals surface area contributed by atoms with Gasteiger partial charge in [0.1, 0.15) is 17.1 Å². The first-order chi connectivity index (χ1) is 16.2. The van der Waals surface area contributed by atoms with Crippen molar-refractivity contribution in [3.63, 3.8) is 0 Å². The van der Waals surface area contributed by atoms with Crippen LogP contribution in [0.25, 0.3) is 0 Å². The fourth-order valence-electron chi connectivity index (χ4n) is 5.45. The fourth-order valence-corrected chi connectivity index (χ4v) is 5.71. The van der Waals surface area contributed by atoms with E-state index in [9.17, 15) is 9.59 Å². The van der Waals surface area contributed by atoms with E-state index in [1.165, 1.54) is 0 Å². The highest BCUT2D eigenvalue weighted by Gasteiger charge is 2.66. The molecule has 3 aromatic rings. The molecule has 2 aliphatic heterocycles. The predicted molar refractivity (Wildman–Crippen MR) is 136 cm³/mol. The van der Waals surface area contributed by atoms with Gasteiger partial charge in [-0.1, -0.05) is 76.6 Å². The van der Waals surface area contributed by atoms with E-state index >= 15 is 0 Å². The Morgan fingerprint density at radius 2 is 1.56 bits per heavy atom. The molecule has 1 spiro atoms. The van der Waals surface area contributed by atoms with E-state index in [1.54, 1.807) is 0 Å². The highest BCUT2D eigenvalue weighted by atomic mass is 79.9. The van der Waals surface area contributed by atoms with Gasteiger partial charge < -0.3 is 10.1 Å². The standard InChI is InChI=1S/C28H27BrN2O3/c1-27(2,3)34-25(32)23-22(17-9-5-4-6-10-17)28(20-11-7-8-12-21(20)30-26(28)33)24(31-23)18-13-15-19(29)16-14-18/h4-16,22-24,31H,1-3H3,(H,30,33)/t22-,23+,24-,28-/m1/s1. The Morgan fingerprint density at radius 3 is 2.24 bits per heavy atom. The Hall–Kier alpha value is -2.96. The third-order valence-corrected chi connectivity index (χ3v) is 7.17. The molecule has 5 nitrogen and oxygen atoms in total. The first-order valence-electron chi connectivity index (χ1n) is 11.4. The molecule has 6 heteroatoms. The molecule has 3 aromatic carbocycles. The average Bonchev–Trinajstić information content (AvgIpc) is 3.30. The van der Waals surface area contributed by atoms with E-state index < -0.39 is 29.0 Å². The van der Waals surface area contributed by atoms with E-state index in [2.05, 4.69) is 26.6 Å². The second kappa shape index (κ2) is 8.36. The van der Waals surface area contributed by atoms with Crippen LogP contribution in [0.5, 0.6) is 0 Å². The molecule has 0 unspecified atom stereocenters. The zero-order chi connectivity index (χ0) is 24.1. The topological polar surface area (TPSA) is 67.4 Å². The molecule has 1 amide bonds. The molecule has 0 radical (unpaired) electrons. The minimum atomic E-state index is -1.03. The van der Waals surface area contributed by atoms with Crippen molar-refractivity contribution in [1.82, 2.24) is 5.32 Å². The molecule has 1 saturated heterocycles. The molecule has 2 heterocycles. The molecule has 174 valence electrons. The molecule has 0 aromatic heterocycles. The van der Waals surface area contributed by atoms with Gasteiger partial charge in [0.15, 0.2) is 0 Å². The van der Waals surface area contributed by atoms with Crippen LogP contribution in [0.3, 0.4) is 0 Å². The Balaban J connectivity index is 1.77. The number of nitrogens with one attached hydrogen (secondary N) is 2. The minimum Gasteiger partial charge on any atom is -0.459 e. The van der Waals surface area contributed by atoms with Crippen LogP contribution >= 0.6 is 15.9 Å². The molecule has 4 atom stereocenters. The van der Waals surface area contributed by atoms with Gasteiger partial charge >= 0.3 is 5.97 Å². The van der Waals surface area contributed by atoms with Crippen molar-refractivity contribution in [1.29, 1.82) is 0 Å². The van der Waals surface area contributed by atoms with E-state index in [-0.39, 0.29) is 11.9 Å². The maximum absolute atomic E-state index is 14.0. The van der Waals surface area contributed by atoms with Gasteiger partial charge in [0.25, 0.3) is 0 Å². The van der Waals surface area contributed by atoms with Gasteiger partial charge in [0.05, 0.1) is 6.04 Å². The summed E-state index contributed by atoms with van der Waals surface area (Å²) in [6.07, 6.45) is 0. The Labute approximate surface area is 208 Å². The minimum absolute atomic E-state index is 0.117. The summed E-state index contributed by atoms with van der Waals surface area (Å²) >= 11 is 3.51. The zero-order valence-corrected chi connectivity index (χ0v) is 20.9. The summed E-state index contributed by atoms with van der Waals surface area (Å²) in [6.45, 7) is 5.57. The van der Waals surface area contributed by atoms with Crippen molar-refractivity contribution < 1.29 is 14.3 Å². The maximum atomic E-state index is 14.0. The van der Waals surface area contributed by atoms with Gasteiger partial charge in [0, 0.05) is 16.1 Å². The average molecular weight is 519 g/mol. The highest BCUT2D eigenvalue weighted by molar-refractivity contribution is 9.10. The van der Waals surface area contributed by atoms with Gasteiger partial charge in [-0.2, -0.15) is 0 Å². The lowest BCUT2D eigenvalue weighted by Gasteiger charge is -2.35. The van der Waals surface area contributed by atoms with Crippen molar-refractivity contribution in [2.24, 2.45) is 0 Å². The number of halogens is 1. The van der Waals surface area contributed by atoms with Crippen LogP contribution in [0.15, 0.2) is 83.3 Å². The Kier molecular flexibility index (Phi) is 5.61. The van der Waals surface area contributed by atoms with Gasteiger partial charge in [-0.25, -0.2) is 0 Å². The summed E-state index contributed by atoms with van der Waals surface area (Å²) in [5.74, 6) is -0.951. The molecular weight excluding hydrogens is 492 g/mol. The third kappa shape index (κ3) is 3.65. The van der Waals surface area contributed by atoms with Crippen molar-refractivity contribution in [3.8, 4) is 0 Å². The number of fused-ring (bicyclic) bond motifs is 2. The third-order valence-electron chi connectivity index (χ3n) is 6.64. The molecule has 2 N–H and O–H groups in total. The molecular formula is C28H27BrN2O3. The summed E-state index contributed by atoms with van der Waals surface area (Å²) in [6, 6.07) is 24.3. The second-order valence-electron chi connectivity index (χ2n) is 9.92. The first kappa shape index (κ1) is 22.8. The van der Waals surface area contributed by atoms with Crippen LogP contribution in [0.1, 0.15) is 49.4 Å². The van der Waals surface area contributed by atoms with Crippen LogP contribution in [0.2, 0.25) is 0 Å². The summed E-state index contributed by atoms with van der Waals surface area (Å²) < 4.78 is 6.81. The van der Waals surface area contributed by atoms with Crippen molar-refractivity contribution in [3.05, 3.63) is 100 Å². The molecule has 0 saturated carbocycles. The number of hydrogen-bond donors (Lipinski definition) is 2. The second-order valence-corrected chi connectivity index (χ2v) is 10.8. The van der Waals surface area contributed by atoms with Gasteiger partial charge in [-0.05, 0) is 55.7 Å². The first-order valence-corrected chi connectivity index (χ1v) is 12.2. The number of hydrogen-bond acceptors (Lipinski definition) is 4. The number of esters is 1. The van der Waals surface area contributed by atoms with Gasteiger partial charge in [-0.15, -0.1) is 0 Å². The number of rotatable bonds is 3. The lowest BCUT2D eigenvalue weighted by Crippen LogP contribution is -2.44. The van der Waals surface area contributed by atoms with E-state index in [0.29, 0.717) is 0 Å². The predicted octanol–water partition coefficient (Wildman–Crippen LogP) is 5.48. The van der Waals surface area contributed by atoms with Crippen LogP contribution in [-0.4, -0.2) is 23.5 Å². The normalized spacial score (nSPS) is 25.8. The number of para-hydroxylation sites is 1. The SMILES string of the molecule is CC(C)(C)OC(=O)[C@H]1N[C@H](c2ccc(Br)cc2)[C@]2(C(=O)Nc3ccccc32)[C@@H]1c1ccccc1. The van der Waals surface area contributed by atoms with E-state index in [1.807, 2.05) is 99.6 Å². The number of ether oxygens (including phenoxy) is 1. The number of carbonyl (C=O) groups is 2. The summed E-state index contributed by atoms with van der Waals surface area (Å²) in [7, 11) is 0. The number of carbonyl (C=O) groups excluding carboxylic acids is 2. The molecule has 5 rings (SSSR count). The zero-order valence-electron chi connectivity index (χ0n) is 19.3. The number of anilines is 1. The molecule has 0 aliphatic carbocycles. The summed E-state index contributed by atoms with van der Waals surface area (Å²) in [5, 5.41) is 6.66. The highest BCUT2D eigenvalue weighted by Crippen LogP contribution is 2.59.